The van der Waals surface area contributed by atoms with Crippen LogP contribution in [-0.2, 0) is 17.6 Å². The zero-order valence-electron chi connectivity index (χ0n) is 28.9. The maximum atomic E-state index is 14.4. The van der Waals surface area contributed by atoms with Crippen molar-refractivity contribution in [3.05, 3.63) is 122 Å². The second-order valence-electron chi connectivity index (χ2n) is 13.9. The van der Waals surface area contributed by atoms with Gasteiger partial charge in [-0.15, -0.1) is 0 Å². The second-order valence-corrected chi connectivity index (χ2v) is 13.9. The fraction of sp³-hybridized carbons (Fsp3) is 0.390. The van der Waals surface area contributed by atoms with E-state index >= 15 is 0 Å². The number of hydrogen-bond donors (Lipinski definition) is 3. The van der Waals surface area contributed by atoms with Gasteiger partial charge in [-0.2, -0.15) is 13.2 Å². The third kappa shape index (κ3) is 8.44. The van der Waals surface area contributed by atoms with Gasteiger partial charge < -0.3 is 16.6 Å². The minimum absolute atomic E-state index is 0.00327. The molecule has 0 radical (unpaired) electrons. The van der Waals surface area contributed by atoms with Crippen molar-refractivity contribution in [2.45, 2.75) is 84.4 Å². The molecule has 0 aromatic heterocycles. The highest BCUT2D eigenvalue weighted by atomic mass is 19.4. The number of aromatic hydroxyl groups is 1. The molecule has 5 N–H and O–H groups in total. The first kappa shape index (κ1) is 36.8. The van der Waals surface area contributed by atoms with Gasteiger partial charge in [-0.1, -0.05) is 61.1 Å². The molecule has 0 spiro atoms. The summed E-state index contributed by atoms with van der Waals surface area (Å²) in [6.07, 6.45) is 8.20. The number of phenolic OH excluding ortho intramolecular Hbond substituents is 1. The SMILES string of the molecule is CC1=C(C2=C(C(=O)Cc3c(C)cc(O)cc3C(=O)C3CCC3C)C=C2CCC(N)CN=C(N)C(F)(F)F)C(Cc2ccccc2)=CC=CCC1. The summed E-state index contributed by atoms with van der Waals surface area (Å²) in [5.41, 5.74) is 19.6. The molecule has 0 saturated heterocycles. The van der Waals surface area contributed by atoms with Crippen molar-refractivity contribution in [2.24, 2.45) is 28.3 Å². The van der Waals surface area contributed by atoms with Crippen molar-refractivity contribution < 1.29 is 27.9 Å². The molecule has 1 fully saturated rings. The molecule has 0 bridgehead atoms. The summed E-state index contributed by atoms with van der Waals surface area (Å²) in [6.45, 7) is 5.67. The Hall–Kier alpha value is -4.50. The number of hydrogen-bond acceptors (Lipinski definition) is 5. The van der Waals surface area contributed by atoms with Crippen LogP contribution in [0.2, 0.25) is 0 Å². The average Bonchev–Trinajstić information content (AvgIpc) is 3.04. The predicted octanol–water partition coefficient (Wildman–Crippen LogP) is 8.14. The normalized spacial score (nSPS) is 20.3. The van der Waals surface area contributed by atoms with Gasteiger partial charge in [0.15, 0.2) is 11.6 Å². The van der Waals surface area contributed by atoms with Crippen LogP contribution >= 0.6 is 0 Å². The van der Waals surface area contributed by atoms with Crippen molar-refractivity contribution in [2.75, 3.05) is 6.54 Å². The summed E-state index contributed by atoms with van der Waals surface area (Å²) >= 11 is 0. The highest BCUT2D eigenvalue weighted by Gasteiger charge is 2.37. The van der Waals surface area contributed by atoms with Gasteiger partial charge in [-0.3, -0.25) is 14.6 Å². The molecule has 2 aromatic carbocycles. The molecule has 1 saturated carbocycles. The van der Waals surface area contributed by atoms with E-state index in [0.29, 0.717) is 41.5 Å². The van der Waals surface area contributed by atoms with E-state index in [0.717, 1.165) is 59.1 Å². The van der Waals surface area contributed by atoms with Crippen LogP contribution in [-0.4, -0.2) is 41.3 Å². The highest BCUT2D eigenvalue weighted by Crippen LogP contribution is 2.44. The maximum absolute atomic E-state index is 14.4. The Morgan fingerprint density at radius 1 is 1.06 bits per heavy atom. The number of ketones is 2. The zero-order valence-corrected chi connectivity index (χ0v) is 28.9. The van der Waals surface area contributed by atoms with E-state index in [4.69, 9.17) is 11.5 Å². The van der Waals surface area contributed by atoms with Crippen LogP contribution in [0.1, 0.15) is 79.4 Å². The fourth-order valence-corrected chi connectivity index (χ4v) is 7.03. The number of alkyl halides is 3. The average molecular weight is 686 g/mol. The van der Waals surface area contributed by atoms with Crippen molar-refractivity contribution in [1.29, 1.82) is 0 Å². The van der Waals surface area contributed by atoms with Gasteiger partial charge in [0.1, 0.15) is 5.75 Å². The largest absolute Gasteiger partial charge is 0.508 e. The number of rotatable bonds is 13. The van der Waals surface area contributed by atoms with Crippen LogP contribution in [0.25, 0.3) is 0 Å². The van der Waals surface area contributed by atoms with Gasteiger partial charge in [0.2, 0.25) is 5.84 Å². The lowest BCUT2D eigenvalue weighted by Crippen LogP contribution is -2.34. The number of aliphatic imine (C=N–C) groups is 1. The molecule has 2 aromatic rings. The van der Waals surface area contributed by atoms with Gasteiger partial charge in [-0.25, -0.2) is 0 Å². The van der Waals surface area contributed by atoms with E-state index in [1.165, 1.54) is 6.07 Å². The Kier molecular flexibility index (Phi) is 11.5. The lowest BCUT2D eigenvalue weighted by molar-refractivity contribution is -0.114. The molecular weight excluding hydrogens is 639 g/mol. The minimum Gasteiger partial charge on any atom is -0.508 e. The molecule has 6 nitrogen and oxygen atoms in total. The molecule has 3 unspecified atom stereocenters. The van der Waals surface area contributed by atoms with Crippen molar-refractivity contribution >= 4 is 17.4 Å². The molecule has 3 atom stereocenters. The number of Topliss-reactive ketones (excluding diaryl/α,β-unsaturated/α-hetero) is 2. The van der Waals surface area contributed by atoms with Gasteiger partial charge in [0.25, 0.3) is 0 Å². The molecule has 9 heteroatoms. The van der Waals surface area contributed by atoms with Gasteiger partial charge in [0.05, 0.1) is 6.54 Å². The van der Waals surface area contributed by atoms with Crippen LogP contribution < -0.4 is 11.5 Å². The first-order valence-corrected chi connectivity index (χ1v) is 17.3. The van der Waals surface area contributed by atoms with E-state index in [1.807, 2.05) is 37.3 Å². The maximum Gasteiger partial charge on any atom is 0.448 e. The molecule has 3 aliphatic carbocycles. The molecule has 264 valence electrons. The summed E-state index contributed by atoms with van der Waals surface area (Å²) in [5, 5.41) is 10.4. The monoisotopic (exact) mass is 685 g/mol. The van der Waals surface area contributed by atoms with Crippen LogP contribution in [0.3, 0.4) is 0 Å². The lowest BCUT2D eigenvalue weighted by Gasteiger charge is -2.33. The number of halogens is 3. The van der Waals surface area contributed by atoms with Gasteiger partial charge in [0, 0.05) is 29.5 Å². The number of amidine groups is 1. The van der Waals surface area contributed by atoms with Crippen LogP contribution in [0.15, 0.2) is 105 Å². The quantitative estimate of drug-likeness (QED) is 0.112. The Bertz CT molecular complexity index is 1830. The summed E-state index contributed by atoms with van der Waals surface area (Å²) in [6, 6.07) is 12.5. The Morgan fingerprint density at radius 2 is 1.80 bits per heavy atom. The van der Waals surface area contributed by atoms with Gasteiger partial charge in [-0.05, 0) is 122 Å². The van der Waals surface area contributed by atoms with E-state index in [1.54, 1.807) is 6.07 Å². The first-order chi connectivity index (χ1) is 23.7. The molecular formula is C41H46F3N3O3. The topological polar surface area (TPSA) is 119 Å². The second kappa shape index (κ2) is 15.6. The standard InChI is InChI=1S/C41H46F3N3O3/c1-24-14-17-32(24)39(50)34-21-31(48)18-26(3)33(34)22-36(49)35-20-29(15-16-30(45)23-47-40(46)41(42,43)44)38(35)37-25(2)10-6-4-9-13-28(37)19-27-11-7-5-8-12-27/h4-5,7-9,11-13,18,20-21,24,30,32,48H,6,10,14-17,19,22-23,45H2,1-3H3,(H2,46,47). The molecule has 50 heavy (non-hydrogen) atoms. The number of carbonyl (C=O) groups is 2. The Balaban J connectivity index is 1.51. The summed E-state index contributed by atoms with van der Waals surface area (Å²) in [5.74, 6) is -1.46. The van der Waals surface area contributed by atoms with E-state index in [2.05, 4.69) is 43.1 Å². The van der Waals surface area contributed by atoms with Crippen LogP contribution in [0.4, 0.5) is 13.2 Å². The number of phenols is 1. The Morgan fingerprint density at radius 3 is 2.46 bits per heavy atom. The van der Waals surface area contributed by atoms with E-state index in [9.17, 15) is 27.9 Å². The predicted molar refractivity (Wildman–Crippen MR) is 192 cm³/mol. The molecule has 0 heterocycles. The van der Waals surface area contributed by atoms with Crippen LogP contribution in [0.5, 0.6) is 5.75 Å². The lowest BCUT2D eigenvalue weighted by atomic mass is 9.70. The summed E-state index contributed by atoms with van der Waals surface area (Å²) in [4.78, 5) is 31.5. The number of nitrogens with two attached hydrogens (primary N) is 2. The first-order valence-electron chi connectivity index (χ1n) is 17.3. The molecule has 0 amide bonds. The van der Waals surface area contributed by atoms with E-state index < -0.39 is 18.1 Å². The van der Waals surface area contributed by atoms with Crippen molar-refractivity contribution in [3.8, 4) is 5.75 Å². The van der Waals surface area contributed by atoms with E-state index in [-0.39, 0.29) is 42.1 Å². The number of allylic oxidation sites excluding steroid dienone is 10. The summed E-state index contributed by atoms with van der Waals surface area (Å²) < 4.78 is 38.7. The molecule has 5 rings (SSSR count). The number of benzene rings is 2. The molecule has 3 aliphatic rings. The number of aryl methyl sites for hydroxylation is 1. The third-order valence-electron chi connectivity index (χ3n) is 10.2. The zero-order chi connectivity index (χ0) is 36.2. The Labute approximate surface area is 292 Å². The number of nitrogens with zero attached hydrogens (tertiary/aromatic N) is 1. The van der Waals surface area contributed by atoms with Crippen LogP contribution in [0, 0.1) is 18.8 Å². The molecule has 0 aliphatic heterocycles. The smallest absolute Gasteiger partial charge is 0.448 e. The summed E-state index contributed by atoms with van der Waals surface area (Å²) in [7, 11) is 0. The number of carbonyl (C=O) groups excluding carboxylic acids is 2. The van der Waals surface area contributed by atoms with Crippen molar-refractivity contribution in [3.63, 3.8) is 0 Å². The minimum atomic E-state index is -4.71. The van der Waals surface area contributed by atoms with Gasteiger partial charge >= 0.3 is 6.18 Å². The highest BCUT2D eigenvalue weighted by molar-refractivity contribution is 6.07. The third-order valence-corrected chi connectivity index (χ3v) is 10.2. The fourth-order valence-electron chi connectivity index (χ4n) is 7.03. The van der Waals surface area contributed by atoms with Crippen molar-refractivity contribution in [1.82, 2.24) is 0 Å².